The number of nitrogens with zero attached hydrogens (tertiary/aromatic N) is 7. The number of nitrogens with one attached hydrogen (secondary N) is 1. The number of hydrogen-bond acceptors (Lipinski definition) is 9. The number of methoxy groups -OCH3 is 2. The molecule has 3 heterocycles. The van der Waals surface area contributed by atoms with Gasteiger partial charge in [-0.1, -0.05) is 13.8 Å². The third kappa shape index (κ3) is 5.17. The van der Waals surface area contributed by atoms with Gasteiger partial charge in [-0.2, -0.15) is 5.10 Å². The molecule has 0 unspecified atom stereocenters. The Morgan fingerprint density at radius 1 is 1.03 bits per heavy atom. The fourth-order valence-electron chi connectivity index (χ4n) is 3.41. The van der Waals surface area contributed by atoms with Crippen LogP contribution in [0.2, 0.25) is 0 Å². The summed E-state index contributed by atoms with van der Waals surface area (Å²) in [5.74, 6) is 2.63. The van der Waals surface area contributed by atoms with Crippen LogP contribution in [0.3, 0.4) is 0 Å². The molecule has 4 aromatic rings. The number of hydrogen-bond donors (Lipinski definition) is 1. The molecule has 10 nitrogen and oxygen atoms in total. The van der Waals surface area contributed by atoms with Crippen molar-refractivity contribution < 1.29 is 9.47 Å². The van der Waals surface area contributed by atoms with Gasteiger partial charge in [0.15, 0.2) is 11.5 Å². The Labute approximate surface area is 192 Å². The first kappa shape index (κ1) is 22.4. The van der Waals surface area contributed by atoms with Gasteiger partial charge >= 0.3 is 0 Å². The van der Waals surface area contributed by atoms with E-state index in [-0.39, 0.29) is 0 Å². The van der Waals surface area contributed by atoms with Gasteiger partial charge in [0, 0.05) is 56.3 Å². The zero-order valence-corrected chi connectivity index (χ0v) is 19.5. The first-order valence-electron chi connectivity index (χ1n) is 10.7. The molecule has 10 heteroatoms. The van der Waals surface area contributed by atoms with E-state index in [9.17, 15) is 0 Å². The van der Waals surface area contributed by atoms with E-state index in [4.69, 9.17) is 14.5 Å². The molecule has 33 heavy (non-hydrogen) atoms. The lowest BCUT2D eigenvalue weighted by Crippen LogP contribution is -2.33. The summed E-state index contributed by atoms with van der Waals surface area (Å²) in [4.78, 5) is 11.6. The Balaban J connectivity index is 1.76. The summed E-state index contributed by atoms with van der Waals surface area (Å²) >= 11 is 0. The molecule has 1 aromatic carbocycles. The molecule has 0 saturated heterocycles. The molecule has 0 aliphatic carbocycles. The minimum Gasteiger partial charge on any atom is -0.497 e. The SMILES string of the molecule is COc1cc(OC)cc(N(CCNC(C)C)c2ccc3nnc(-c4cnn(C)c4)nc3n2)c1. The van der Waals surface area contributed by atoms with Crippen molar-refractivity contribution >= 4 is 22.7 Å². The van der Waals surface area contributed by atoms with E-state index >= 15 is 0 Å². The van der Waals surface area contributed by atoms with Crippen LogP contribution >= 0.6 is 0 Å². The summed E-state index contributed by atoms with van der Waals surface area (Å²) in [5.41, 5.74) is 2.82. The van der Waals surface area contributed by atoms with Crippen molar-refractivity contribution in [2.45, 2.75) is 19.9 Å². The molecule has 0 spiro atoms. The van der Waals surface area contributed by atoms with E-state index in [0.717, 1.165) is 23.6 Å². The molecule has 172 valence electrons. The van der Waals surface area contributed by atoms with Gasteiger partial charge in [-0.15, -0.1) is 10.2 Å². The number of benzene rings is 1. The molecule has 0 fully saturated rings. The molecule has 0 aliphatic rings. The topological polar surface area (TPSA) is 103 Å². The summed E-state index contributed by atoms with van der Waals surface area (Å²) < 4.78 is 12.7. The standard InChI is InChI=1S/C23H28N8O2/c1-15(2)24-8-9-31(17-10-18(32-4)12-19(11-17)33-5)21-7-6-20-23(26-21)27-22(29-28-20)16-13-25-30(3)14-16/h6-7,10-15,24H,8-9H2,1-5H3. The fraction of sp³-hybridized carbons (Fsp3) is 0.348. The number of ether oxygens (including phenoxy) is 2. The van der Waals surface area contributed by atoms with Crippen LogP contribution in [0.15, 0.2) is 42.7 Å². The van der Waals surface area contributed by atoms with E-state index < -0.39 is 0 Å². The summed E-state index contributed by atoms with van der Waals surface area (Å²) in [7, 11) is 5.12. The van der Waals surface area contributed by atoms with Gasteiger partial charge in [-0.05, 0) is 12.1 Å². The summed E-state index contributed by atoms with van der Waals surface area (Å²) in [6.45, 7) is 5.69. The molecule has 0 bridgehead atoms. The molecule has 0 aliphatic heterocycles. The summed E-state index contributed by atoms with van der Waals surface area (Å²) in [5, 5.41) is 16.2. The number of fused-ring (bicyclic) bond motifs is 1. The average molecular weight is 449 g/mol. The van der Waals surface area contributed by atoms with E-state index in [1.165, 1.54) is 0 Å². The van der Waals surface area contributed by atoms with E-state index in [1.54, 1.807) is 25.1 Å². The number of anilines is 2. The summed E-state index contributed by atoms with van der Waals surface area (Å²) in [6.07, 6.45) is 3.55. The van der Waals surface area contributed by atoms with Gasteiger partial charge in [0.1, 0.15) is 22.8 Å². The zero-order valence-electron chi connectivity index (χ0n) is 19.5. The number of aromatic nitrogens is 6. The van der Waals surface area contributed by atoms with E-state index in [1.807, 2.05) is 43.6 Å². The number of aryl methyl sites for hydroxylation is 1. The molecular weight excluding hydrogens is 420 g/mol. The van der Waals surface area contributed by atoms with Crippen molar-refractivity contribution in [3.05, 3.63) is 42.7 Å². The Hall–Kier alpha value is -3.79. The van der Waals surface area contributed by atoms with Gasteiger partial charge in [0.05, 0.1) is 26.0 Å². The first-order valence-corrected chi connectivity index (χ1v) is 10.7. The molecule has 0 amide bonds. The maximum Gasteiger partial charge on any atom is 0.187 e. The lowest BCUT2D eigenvalue weighted by atomic mass is 10.2. The lowest BCUT2D eigenvalue weighted by Gasteiger charge is -2.25. The highest BCUT2D eigenvalue weighted by molar-refractivity contribution is 5.75. The Morgan fingerprint density at radius 3 is 2.42 bits per heavy atom. The maximum absolute atomic E-state index is 5.48. The van der Waals surface area contributed by atoms with Crippen molar-refractivity contribution in [3.8, 4) is 22.9 Å². The van der Waals surface area contributed by atoms with Crippen molar-refractivity contribution in [1.29, 1.82) is 0 Å². The zero-order chi connectivity index (χ0) is 23.4. The van der Waals surface area contributed by atoms with Crippen LogP contribution in [-0.4, -0.2) is 63.3 Å². The van der Waals surface area contributed by atoms with Gasteiger partial charge in [0.2, 0.25) is 0 Å². The molecule has 1 N–H and O–H groups in total. The van der Waals surface area contributed by atoms with Crippen molar-refractivity contribution in [2.75, 3.05) is 32.2 Å². The van der Waals surface area contributed by atoms with Crippen LogP contribution in [0.1, 0.15) is 13.8 Å². The van der Waals surface area contributed by atoms with Crippen LogP contribution in [0.5, 0.6) is 11.5 Å². The largest absolute Gasteiger partial charge is 0.497 e. The quantitative estimate of drug-likeness (QED) is 0.414. The maximum atomic E-state index is 5.48. The van der Waals surface area contributed by atoms with E-state index in [2.05, 4.69) is 44.3 Å². The first-order chi connectivity index (χ1) is 16.0. The minimum atomic E-state index is 0.371. The number of rotatable bonds is 9. The predicted molar refractivity (Wildman–Crippen MR) is 127 cm³/mol. The molecule has 4 rings (SSSR count). The molecule has 0 radical (unpaired) electrons. The Bertz CT molecular complexity index is 1220. The van der Waals surface area contributed by atoms with Gasteiger partial charge in [-0.3, -0.25) is 4.68 Å². The predicted octanol–water partition coefficient (Wildman–Crippen LogP) is 2.97. The lowest BCUT2D eigenvalue weighted by molar-refractivity contribution is 0.394. The van der Waals surface area contributed by atoms with Crippen LogP contribution in [0.25, 0.3) is 22.6 Å². The van der Waals surface area contributed by atoms with Crippen LogP contribution in [0, 0.1) is 0 Å². The number of pyridine rings is 1. The Kier molecular flexibility index (Phi) is 6.64. The van der Waals surface area contributed by atoms with Crippen molar-refractivity contribution in [1.82, 2.24) is 35.3 Å². The van der Waals surface area contributed by atoms with Crippen molar-refractivity contribution in [3.63, 3.8) is 0 Å². The Morgan fingerprint density at radius 2 is 1.79 bits per heavy atom. The molecule has 3 aromatic heterocycles. The second-order valence-corrected chi connectivity index (χ2v) is 7.88. The highest BCUT2D eigenvalue weighted by atomic mass is 16.5. The van der Waals surface area contributed by atoms with Gasteiger partial charge < -0.3 is 19.7 Å². The minimum absolute atomic E-state index is 0.371. The molecular formula is C23H28N8O2. The third-order valence-corrected chi connectivity index (χ3v) is 5.08. The third-order valence-electron chi connectivity index (χ3n) is 5.08. The van der Waals surface area contributed by atoms with Gasteiger partial charge in [0.25, 0.3) is 0 Å². The second-order valence-electron chi connectivity index (χ2n) is 7.88. The van der Waals surface area contributed by atoms with E-state index in [0.29, 0.717) is 41.1 Å². The van der Waals surface area contributed by atoms with Crippen LogP contribution in [0.4, 0.5) is 11.5 Å². The smallest absolute Gasteiger partial charge is 0.187 e. The fourth-order valence-corrected chi connectivity index (χ4v) is 3.41. The monoisotopic (exact) mass is 448 g/mol. The highest BCUT2D eigenvalue weighted by Gasteiger charge is 2.16. The highest BCUT2D eigenvalue weighted by Crippen LogP contribution is 2.32. The molecule has 0 atom stereocenters. The average Bonchev–Trinajstić information content (AvgIpc) is 3.26. The normalized spacial score (nSPS) is 11.2. The van der Waals surface area contributed by atoms with Gasteiger partial charge in [-0.25, -0.2) is 9.97 Å². The molecule has 0 saturated carbocycles. The van der Waals surface area contributed by atoms with Crippen LogP contribution in [-0.2, 0) is 7.05 Å². The van der Waals surface area contributed by atoms with Crippen molar-refractivity contribution in [2.24, 2.45) is 7.05 Å². The van der Waals surface area contributed by atoms with Crippen LogP contribution < -0.4 is 19.7 Å². The second kappa shape index (κ2) is 9.78. The summed E-state index contributed by atoms with van der Waals surface area (Å²) in [6, 6.07) is 9.94.